The number of nitrogens with two attached hydrogens (primary N) is 1. The largest absolute Gasteiger partial charge is 0.489 e. The third kappa shape index (κ3) is 3.50. The molecule has 0 spiro atoms. The molecular formula is C14H19NO2S. The number of thioether (sulfide) groups is 1. The Hall–Kier alpha value is -1.000. The van der Waals surface area contributed by atoms with Crippen LogP contribution in [0.4, 0.5) is 0 Å². The number of benzene rings is 1. The highest BCUT2D eigenvalue weighted by atomic mass is 32.2. The van der Waals surface area contributed by atoms with Gasteiger partial charge in [0.15, 0.2) is 5.78 Å². The molecule has 1 aliphatic heterocycles. The fraction of sp³-hybridized carbons (Fsp3) is 0.500. The summed E-state index contributed by atoms with van der Waals surface area (Å²) in [4.78, 5) is 11.9. The zero-order valence-corrected chi connectivity index (χ0v) is 11.2. The molecule has 2 rings (SSSR count). The Morgan fingerprint density at radius 2 is 2.28 bits per heavy atom. The van der Waals surface area contributed by atoms with Crippen LogP contribution in [0.1, 0.15) is 29.6 Å². The summed E-state index contributed by atoms with van der Waals surface area (Å²) in [6.07, 6.45) is 2.87. The summed E-state index contributed by atoms with van der Waals surface area (Å²) < 4.78 is 5.97. The van der Waals surface area contributed by atoms with E-state index in [2.05, 4.69) is 0 Å². The van der Waals surface area contributed by atoms with Gasteiger partial charge in [0.05, 0.1) is 5.56 Å². The Kier molecular flexibility index (Phi) is 5.08. The van der Waals surface area contributed by atoms with Crippen LogP contribution in [0.5, 0.6) is 5.75 Å². The molecule has 1 atom stereocenters. The normalized spacial score (nSPS) is 19.5. The lowest BCUT2D eigenvalue weighted by Crippen LogP contribution is -2.24. The molecule has 1 fully saturated rings. The fourth-order valence-corrected chi connectivity index (χ4v) is 3.08. The Labute approximate surface area is 112 Å². The minimum absolute atomic E-state index is 0.0663. The van der Waals surface area contributed by atoms with Gasteiger partial charge in [-0.2, -0.15) is 11.8 Å². The Morgan fingerprint density at radius 3 is 3.00 bits per heavy atom. The lowest BCUT2D eigenvalue weighted by Gasteiger charge is -2.23. The first kappa shape index (κ1) is 13.4. The summed E-state index contributed by atoms with van der Waals surface area (Å²) in [5.41, 5.74) is 6.10. The maximum atomic E-state index is 11.9. The zero-order chi connectivity index (χ0) is 12.8. The molecule has 98 valence electrons. The van der Waals surface area contributed by atoms with E-state index in [1.165, 1.54) is 12.2 Å². The standard InChI is InChI=1S/C14H19NO2S/c15-8-7-13(16)12-5-1-2-6-14(12)17-11-4-3-9-18-10-11/h1-2,5-6,11H,3-4,7-10,15H2. The van der Waals surface area contributed by atoms with Gasteiger partial charge in [-0.25, -0.2) is 0 Å². The molecule has 1 aliphatic rings. The van der Waals surface area contributed by atoms with Crippen molar-refractivity contribution in [3.8, 4) is 5.75 Å². The number of Topliss-reactive ketones (excluding diaryl/α,β-unsaturated/α-hetero) is 1. The third-order valence-corrected chi connectivity index (χ3v) is 4.16. The second kappa shape index (κ2) is 6.81. The van der Waals surface area contributed by atoms with E-state index in [1.54, 1.807) is 0 Å². The second-order valence-electron chi connectivity index (χ2n) is 4.42. The van der Waals surface area contributed by atoms with Crippen LogP contribution in [0.25, 0.3) is 0 Å². The van der Waals surface area contributed by atoms with Crippen molar-refractivity contribution in [2.75, 3.05) is 18.1 Å². The van der Waals surface area contributed by atoms with Gasteiger partial charge >= 0.3 is 0 Å². The van der Waals surface area contributed by atoms with E-state index in [1.807, 2.05) is 36.0 Å². The van der Waals surface area contributed by atoms with E-state index in [0.717, 1.165) is 12.2 Å². The summed E-state index contributed by atoms with van der Waals surface area (Å²) in [7, 11) is 0. The Balaban J connectivity index is 2.08. The number of ketones is 1. The van der Waals surface area contributed by atoms with Crippen LogP contribution in [0, 0.1) is 0 Å². The Morgan fingerprint density at radius 1 is 1.44 bits per heavy atom. The van der Waals surface area contributed by atoms with E-state index in [-0.39, 0.29) is 11.9 Å². The molecular weight excluding hydrogens is 246 g/mol. The van der Waals surface area contributed by atoms with Crippen LogP contribution in [-0.4, -0.2) is 29.9 Å². The highest BCUT2D eigenvalue weighted by Crippen LogP contribution is 2.25. The smallest absolute Gasteiger partial charge is 0.167 e. The van der Waals surface area contributed by atoms with Crippen molar-refractivity contribution in [3.05, 3.63) is 29.8 Å². The molecule has 0 bridgehead atoms. The van der Waals surface area contributed by atoms with Crippen molar-refractivity contribution in [1.82, 2.24) is 0 Å². The van der Waals surface area contributed by atoms with Gasteiger partial charge in [0.2, 0.25) is 0 Å². The van der Waals surface area contributed by atoms with Crippen LogP contribution < -0.4 is 10.5 Å². The van der Waals surface area contributed by atoms with Gasteiger partial charge in [-0.15, -0.1) is 0 Å². The van der Waals surface area contributed by atoms with Gasteiger partial charge in [0.25, 0.3) is 0 Å². The van der Waals surface area contributed by atoms with Crippen LogP contribution >= 0.6 is 11.8 Å². The number of carbonyl (C=O) groups is 1. The van der Waals surface area contributed by atoms with Crippen LogP contribution in [0.15, 0.2) is 24.3 Å². The van der Waals surface area contributed by atoms with Crippen LogP contribution in [0.3, 0.4) is 0 Å². The number of carbonyl (C=O) groups excluding carboxylic acids is 1. The topological polar surface area (TPSA) is 52.3 Å². The second-order valence-corrected chi connectivity index (χ2v) is 5.56. The van der Waals surface area contributed by atoms with E-state index in [4.69, 9.17) is 10.5 Å². The van der Waals surface area contributed by atoms with Crippen molar-refractivity contribution in [2.45, 2.75) is 25.4 Å². The molecule has 18 heavy (non-hydrogen) atoms. The molecule has 3 nitrogen and oxygen atoms in total. The minimum Gasteiger partial charge on any atom is -0.489 e. The van der Waals surface area contributed by atoms with E-state index >= 15 is 0 Å². The summed E-state index contributed by atoms with van der Waals surface area (Å²) in [5, 5.41) is 0. The van der Waals surface area contributed by atoms with Crippen LogP contribution in [0.2, 0.25) is 0 Å². The molecule has 1 unspecified atom stereocenters. The predicted octanol–water partition coefficient (Wildman–Crippen LogP) is 2.49. The Bertz CT molecular complexity index is 403. The average molecular weight is 265 g/mol. The van der Waals surface area contributed by atoms with Crippen molar-refractivity contribution >= 4 is 17.5 Å². The van der Waals surface area contributed by atoms with Gasteiger partial charge in [-0.05, 0) is 37.3 Å². The first-order chi connectivity index (χ1) is 8.81. The van der Waals surface area contributed by atoms with Crippen molar-refractivity contribution in [3.63, 3.8) is 0 Å². The summed E-state index contributed by atoms with van der Waals surface area (Å²) >= 11 is 1.92. The minimum atomic E-state index is 0.0663. The molecule has 2 N–H and O–H groups in total. The van der Waals surface area contributed by atoms with Gasteiger partial charge < -0.3 is 10.5 Å². The zero-order valence-electron chi connectivity index (χ0n) is 10.4. The van der Waals surface area contributed by atoms with Crippen LogP contribution in [-0.2, 0) is 0 Å². The number of hydrogen-bond donors (Lipinski definition) is 1. The van der Waals surface area contributed by atoms with E-state index < -0.39 is 0 Å². The summed E-state index contributed by atoms with van der Waals surface area (Å²) in [6.45, 7) is 0.381. The molecule has 0 aromatic heterocycles. The molecule has 1 heterocycles. The highest BCUT2D eigenvalue weighted by Gasteiger charge is 2.18. The first-order valence-corrected chi connectivity index (χ1v) is 7.53. The molecule has 4 heteroatoms. The maximum absolute atomic E-state index is 11.9. The molecule has 0 saturated carbocycles. The molecule has 0 aliphatic carbocycles. The summed E-state index contributed by atoms with van der Waals surface area (Å²) in [6, 6.07) is 7.48. The monoisotopic (exact) mass is 265 g/mol. The first-order valence-electron chi connectivity index (χ1n) is 6.38. The van der Waals surface area contributed by atoms with Crippen molar-refractivity contribution in [1.29, 1.82) is 0 Å². The van der Waals surface area contributed by atoms with Gasteiger partial charge in [-0.1, -0.05) is 12.1 Å². The number of para-hydroxylation sites is 1. The molecule has 0 radical (unpaired) electrons. The van der Waals surface area contributed by atoms with Gasteiger partial charge in [0.1, 0.15) is 11.9 Å². The van der Waals surface area contributed by atoms with E-state index in [9.17, 15) is 4.79 Å². The van der Waals surface area contributed by atoms with Gasteiger partial charge in [0, 0.05) is 12.2 Å². The average Bonchev–Trinajstić information content (AvgIpc) is 2.41. The molecule has 0 amide bonds. The predicted molar refractivity (Wildman–Crippen MR) is 75.4 cm³/mol. The maximum Gasteiger partial charge on any atom is 0.167 e. The molecule has 1 saturated heterocycles. The van der Waals surface area contributed by atoms with E-state index in [0.29, 0.717) is 24.3 Å². The van der Waals surface area contributed by atoms with Crippen molar-refractivity contribution < 1.29 is 9.53 Å². The van der Waals surface area contributed by atoms with Gasteiger partial charge in [-0.3, -0.25) is 4.79 Å². The fourth-order valence-electron chi connectivity index (χ4n) is 2.05. The highest BCUT2D eigenvalue weighted by molar-refractivity contribution is 7.99. The third-order valence-electron chi connectivity index (χ3n) is 2.97. The SMILES string of the molecule is NCCC(=O)c1ccccc1OC1CCCSC1. The quantitative estimate of drug-likeness (QED) is 0.831. The molecule has 1 aromatic rings. The summed E-state index contributed by atoms with van der Waals surface area (Å²) in [5.74, 6) is 3.01. The van der Waals surface area contributed by atoms with Crippen molar-refractivity contribution in [2.24, 2.45) is 5.73 Å². The number of rotatable bonds is 5. The molecule has 1 aromatic carbocycles. The number of hydrogen-bond acceptors (Lipinski definition) is 4. The lowest BCUT2D eigenvalue weighted by atomic mass is 10.1. The number of ether oxygens (including phenoxy) is 1. The lowest BCUT2D eigenvalue weighted by molar-refractivity contribution is 0.0978.